The zero-order valence-electron chi connectivity index (χ0n) is 7.27. The fourth-order valence-electron chi connectivity index (χ4n) is 0.677. The number of phosphoric ester groups is 1. The second kappa shape index (κ2) is 4.56. The maximum absolute atomic E-state index is 11.1. The fourth-order valence-corrected chi connectivity index (χ4v) is 4.18. The Balaban J connectivity index is 2.58. The molecule has 11 nitrogen and oxygen atoms in total. The lowest BCUT2D eigenvalue weighted by Gasteiger charge is -2.32. The first kappa shape index (κ1) is 14.4. The summed E-state index contributed by atoms with van der Waals surface area (Å²) in [6.07, 6.45) is -1.29. The van der Waals surface area contributed by atoms with E-state index in [2.05, 4.69) is 17.7 Å². The fraction of sp³-hybridized carbons (Fsp3) is 1.00. The van der Waals surface area contributed by atoms with Crippen LogP contribution in [0, 0.1) is 0 Å². The lowest BCUT2D eigenvalue weighted by molar-refractivity contribution is -0.138. The summed E-state index contributed by atoms with van der Waals surface area (Å²) in [5.74, 6) is 0. The molecule has 0 aromatic rings. The van der Waals surface area contributed by atoms with Crippen molar-refractivity contribution in [3.8, 4) is 0 Å². The highest BCUT2D eigenvalue weighted by atomic mass is 31.3. The Bertz CT molecular complexity index is 384. The molecular formula is C2H7O11P3. The van der Waals surface area contributed by atoms with Gasteiger partial charge in [0.2, 0.25) is 6.29 Å². The van der Waals surface area contributed by atoms with Gasteiger partial charge in [-0.3, -0.25) is 9.05 Å². The van der Waals surface area contributed by atoms with E-state index in [1.165, 1.54) is 0 Å². The Morgan fingerprint density at radius 2 is 1.75 bits per heavy atom. The van der Waals surface area contributed by atoms with E-state index in [1.807, 2.05) is 0 Å². The van der Waals surface area contributed by atoms with Gasteiger partial charge in [0, 0.05) is 0 Å². The largest absolute Gasteiger partial charge is 0.490 e. The standard InChI is InChI=1S/C2H7O11P3/c3-1-2-10-16(9,11-2)13-15(7,8)12-14(4,5)6/h2-3H,1H2,(H,7,8)(H2,4,5,6). The van der Waals surface area contributed by atoms with Crippen LogP contribution in [-0.2, 0) is 31.4 Å². The molecule has 0 saturated carbocycles. The molecule has 1 aliphatic rings. The average molecular weight is 300 g/mol. The van der Waals surface area contributed by atoms with Gasteiger partial charge < -0.3 is 19.8 Å². The molecule has 0 aromatic carbocycles. The molecule has 0 radical (unpaired) electrons. The van der Waals surface area contributed by atoms with Crippen LogP contribution in [0.4, 0.5) is 0 Å². The third kappa shape index (κ3) is 4.33. The molecule has 1 saturated heterocycles. The van der Waals surface area contributed by atoms with Crippen molar-refractivity contribution >= 4 is 23.5 Å². The van der Waals surface area contributed by atoms with Crippen LogP contribution in [0.3, 0.4) is 0 Å². The highest BCUT2D eigenvalue weighted by molar-refractivity contribution is 7.67. The highest BCUT2D eigenvalue weighted by Crippen LogP contribution is 2.72. The zero-order chi connectivity index (χ0) is 12.6. The molecule has 0 bridgehead atoms. The zero-order valence-corrected chi connectivity index (χ0v) is 9.96. The number of aliphatic hydroxyl groups is 1. The van der Waals surface area contributed by atoms with E-state index in [1.54, 1.807) is 0 Å². The topological polar surface area (TPSA) is 169 Å². The third-order valence-corrected chi connectivity index (χ3v) is 5.34. The highest BCUT2D eigenvalue weighted by Gasteiger charge is 2.51. The minimum absolute atomic E-state index is 0.678. The summed E-state index contributed by atoms with van der Waals surface area (Å²) in [7, 11) is -15.0. The van der Waals surface area contributed by atoms with Crippen LogP contribution in [0.15, 0.2) is 0 Å². The molecule has 1 rings (SSSR count). The van der Waals surface area contributed by atoms with E-state index in [0.717, 1.165) is 0 Å². The first-order valence-electron chi connectivity index (χ1n) is 3.44. The van der Waals surface area contributed by atoms with Gasteiger partial charge >= 0.3 is 23.5 Å². The van der Waals surface area contributed by atoms with Crippen LogP contribution in [0.1, 0.15) is 0 Å². The molecule has 16 heavy (non-hydrogen) atoms. The summed E-state index contributed by atoms with van der Waals surface area (Å²) >= 11 is 0. The molecule has 14 heteroatoms. The van der Waals surface area contributed by atoms with Crippen molar-refractivity contribution in [2.24, 2.45) is 0 Å². The van der Waals surface area contributed by atoms with Gasteiger partial charge in [0.25, 0.3) is 0 Å². The molecule has 1 heterocycles. The van der Waals surface area contributed by atoms with E-state index in [9.17, 15) is 13.7 Å². The first-order chi connectivity index (χ1) is 7.05. The lowest BCUT2D eigenvalue weighted by atomic mass is 10.7. The van der Waals surface area contributed by atoms with Crippen molar-refractivity contribution in [2.75, 3.05) is 6.61 Å². The molecule has 4 N–H and O–H groups in total. The van der Waals surface area contributed by atoms with Gasteiger partial charge in [-0.25, -0.2) is 13.7 Å². The number of hydrogen-bond acceptors (Lipinski definition) is 8. The summed E-state index contributed by atoms with van der Waals surface area (Å²) in [4.78, 5) is 25.1. The third-order valence-electron chi connectivity index (χ3n) is 1.06. The number of rotatable bonds is 5. The Morgan fingerprint density at radius 1 is 1.25 bits per heavy atom. The molecular weight excluding hydrogens is 293 g/mol. The van der Waals surface area contributed by atoms with Crippen molar-refractivity contribution in [3.63, 3.8) is 0 Å². The molecule has 96 valence electrons. The van der Waals surface area contributed by atoms with Gasteiger partial charge in [-0.05, 0) is 0 Å². The van der Waals surface area contributed by atoms with E-state index >= 15 is 0 Å². The predicted octanol–water partition coefficient (Wildman–Crippen LogP) is -0.314. The minimum Gasteiger partial charge on any atom is -0.391 e. The predicted molar refractivity (Wildman–Crippen MR) is 44.7 cm³/mol. The van der Waals surface area contributed by atoms with Gasteiger partial charge in [-0.15, -0.1) is 0 Å². The molecule has 1 fully saturated rings. The van der Waals surface area contributed by atoms with Crippen LogP contribution in [-0.4, -0.2) is 32.7 Å². The molecule has 0 aliphatic carbocycles. The van der Waals surface area contributed by atoms with Gasteiger partial charge in [-0.1, -0.05) is 0 Å². The van der Waals surface area contributed by atoms with Crippen LogP contribution < -0.4 is 0 Å². The molecule has 1 unspecified atom stereocenters. The van der Waals surface area contributed by atoms with Crippen molar-refractivity contribution in [3.05, 3.63) is 0 Å². The summed E-state index contributed by atoms with van der Waals surface area (Å²) in [6, 6.07) is 0. The second-order valence-corrected chi connectivity index (χ2v) is 6.93. The van der Waals surface area contributed by atoms with Crippen LogP contribution in [0.5, 0.6) is 0 Å². The maximum atomic E-state index is 11.1. The monoisotopic (exact) mass is 300 g/mol. The normalized spacial score (nSPS) is 34.1. The maximum Gasteiger partial charge on any atom is 0.490 e. The van der Waals surface area contributed by atoms with Crippen molar-refractivity contribution < 1.29 is 51.2 Å². The van der Waals surface area contributed by atoms with E-state index < -0.39 is 36.4 Å². The van der Waals surface area contributed by atoms with Gasteiger partial charge in [0.05, 0.1) is 6.61 Å². The van der Waals surface area contributed by atoms with Crippen LogP contribution in [0.2, 0.25) is 0 Å². The van der Waals surface area contributed by atoms with Gasteiger partial charge in [0.1, 0.15) is 0 Å². The van der Waals surface area contributed by atoms with Crippen LogP contribution >= 0.6 is 23.5 Å². The van der Waals surface area contributed by atoms with Crippen molar-refractivity contribution in [2.45, 2.75) is 6.29 Å². The molecule has 0 spiro atoms. The number of phosphoric acid groups is 3. The van der Waals surface area contributed by atoms with Gasteiger partial charge in [-0.2, -0.15) is 8.62 Å². The Morgan fingerprint density at radius 3 is 2.12 bits per heavy atom. The Kier molecular flexibility index (Phi) is 4.12. The summed E-state index contributed by atoms with van der Waals surface area (Å²) in [5.41, 5.74) is 0. The van der Waals surface area contributed by atoms with Crippen LogP contribution in [0.25, 0.3) is 0 Å². The quantitative estimate of drug-likeness (QED) is 0.491. The van der Waals surface area contributed by atoms with Crippen molar-refractivity contribution in [1.82, 2.24) is 0 Å². The summed E-state index contributed by atoms with van der Waals surface area (Å²) in [6.45, 7) is -0.678. The molecule has 0 aromatic heterocycles. The molecule has 1 atom stereocenters. The number of aliphatic hydroxyl groups excluding tert-OH is 1. The van der Waals surface area contributed by atoms with Gasteiger partial charge in [0.15, 0.2) is 0 Å². The minimum atomic E-state index is -5.30. The lowest BCUT2D eigenvalue weighted by Crippen LogP contribution is -2.29. The Labute approximate surface area is 88.4 Å². The summed E-state index contributed by atoms with van der Waals surface area (Å²) < 4.78 is 47.7. The van der Waals surface area contributed by atoms with Crippen molar-refractivity contribution in [1.29, 1.82) is 0 Å². The van der Waals surface area contributed by atoms with E-state index in [-0.39, 0.29) is 0 Å². The molecule has 0 amide bonds. The molecule has 1 aliphatic heterocycles. The number of hydrogen-bond donors (Lipinski definition) is 4. The second-order valence-electron chi connectivity index (χ2n) is 2.39. The summed E-state index contributed by atoms with van der Waals surface area (Å²) in [5, 5.41) is 8.39. The smallest absolute Gasteiger partial charge is 0.391 e. The average Bonchev–Trinajstić information content (AvgIpc) is 1.93. The Hall–Kier alpha value is 0.370. The van der Waals surface area contributed by atoms with E-state index in [0.29, 0.717) is 0 Å². The first-order valence-corrected chi connectivity index (χ1v) is 7.93. The van der Waals surface area contributed by atoms with E-state index in [4.69, 9.17) is 19.8 Å². The SMILES string of the molecule is O=P(O)(O)OP(=O)(O)OP1(=O)OC(CO)O1.